The molecule has 1 saturated heterocycles. The highest BCUT2D eigenvalue weighted by atomic mass is 31.2. The first-order chi connectivity index (χ1) is 6.36. The lowest BCUT2D eigenvalue weighted by Crippen LogP contribution is -2.49. The summed E-state index contributed by atoms with van der Waals surface area (Å²) in [6.07, 6.45) is -4.11. The van der Waals surface area contributed by atoms with Crippen molar-refractivity contribution in [1.29, 1.82) is 0 Å². The van der Waals surface area contributed by atoms with E-state index in [2.05, 4.69) is 0 Å². The molecule has 5 N–H and O–H groups in total. The van der Waals surface area contributed by atoms with Crippen LogP contribution in [-0.4, -0.2) is 55.9 Å². The zero-order chi connectivity index (χ0) is 10.9. The molecule has 1 rings (SSSR count). The number of aliphatic hydroxyl groups excluding tert-OH is 3. The van der Waals surface area contributed by atoms with Gasteiger partial charge in [0.15, 0.2) is 5.85 Å². The van der Waals surface area contributed by atoms with Gasteiger partial charge in [0.05, 0.1) is 12.7 Å². The Morgan fingerprint density at radius 1 is 1.36 bits per heavy atom. The van der Waals surface area contributed by atoms with Gasteiger partial charge in [-0.2, -0.15) is 0 Å². The average Bonchev–Trinajstić information content (AvgIpc) is 2.07. The zero-order valence-electron chi connectivity index (χ0n) is 7.22. The van der Waals surface area contributed by atoms with E-state index in [1.807, 2.05) is 0 Å². The fraction of sp³-hybridized carbons (Fsp3) is 1.00. The van der Waals surface area contributed by atoms with Gasteiger partial charge in [-0.3, -0.25) is 4.57 Å². The minimum atomic E-state index is -4.46. The molecular weight excluding hydrogens is 215 g/mol. The van der Waals surface area contributed by atoms with Gasteiger partial charge in [0.2, 0.25) is 0 Å². The van der Waals surface area contributed by atoms with Crippen molar-refractivity contribution in [2.45, 2.75) is 30.6 Å². The molecule has 1 aliphatic heterocycles. The lowest BCUT2D eigenvalue weighted by molar-refractivity contribution is -0.163. The molecule has 0 spiro atoms. The molecule has 0 aromatic heterocycles. The van der Waals surface area contributed by atoms with Gasteiger partial charge in [-0.1, -0.05) is 0 Å². The van der Waals surface area contributed by atoms with Crippen molar-refractivity contribution < 1.29 is 34.4 Å². The summed E-state index contributed by atoms with van der Waals surface area (Å²) in [5.41, 5.74) is 0. The van der Waals surface area contributed by atoms with Crippen molar-refractivity contribution in [2.75, 3.05) is 6.61 Å². The molecule has 14 heavy (non-hydrogen) atoms. The molecule has 1 fully saturated rings. The number of ether oxygens (including phenoxy) is 1. The normalized spacial score (nSPS) is 39.8. The quantitative estimate of drug-likeness (QED) is 0.345. The van der Waals surface area contributed by atoms with E-state index < -0.39 is 38.4 Å². The maximum Gasteiger partial charge on any atom is 0.354 e. The fourth-order valence-corrected chi connectivity index (χ4v) is 2.10. The van der Waals surface area contributed by atoms with E-state index in [9.17, 15) is 14.8 Å². The van der Waals surface area contributed by atoms with Gasteiger partial charge in [0, 0.05) is 6.42 Å². The van der Waals surface area contributed by atoms with E-state index in [0.717, 1.165) is 0 Å². The molecule has 0 saturated carbocycles. The molecule has 0 bridgehead atoms. The van der Waals surface area contributed by atoms with Crippen molar-refractivity contribution in [3.8, 4) is 0 Å². The van der Waals surface area contributed by atoms with E-state index in [1.165, 1.54) is 0 Å². The third-order valence-corrected chi connectivity index (χ3v) is 3.19. The Labute approximate surface area is 80.1 Å². The third kappa shape index (κ3) is 2.52. The Hall–Kier alpha value is -0.0100. The summed E-state index contributed by atoms with van der Waals surface area (Å²) in [5.74, 6) is -1.46. The fourth-order valence-electron chi connectivity index (χ4n) is 1.30. The molecule has 7 nitrogen and oxygen atoms in total. The van der Waals surface area contributed by atoms with E-state index >= 15 is 0 Å². The summed E-state index contributed by atoms with van der Waals surface area (Å²) in [6, 6.07) is 0. The smallest absolute Gasteiger partial charge is 0.354 e. The molecule has 0 radical (unpaired) electrons. The summed E-state index contributed by atoms with van der Waals surface area (Å²) in [4.78, 5) is 17.5. The Balaban J connectivity index is 2.73. The van der Waals surface area contributed by atoms with Crippen molar-refractivity contribution >= 4 is 7.60 Å². The molecule has 0 aliphatic carbocycles. The number of rotatable bonds is 2. The zero-order valence-corrected chi connectivity index (χ0v) is 8.12. The third-order valence-electron chi connectivity index (χ3n) is 2.11. The second-order valence-electron chi connectivity index (χ2n) is 3.19. The summed E-state index contributed by atoms with van der Waals surface area (Å²) < 4.78 is 15.6. The maximum atomic E-state index is 10.8. The minimum Gasteiger partial charge on any atom is -0.394 e. The molecule has 0 aromatic carbocycles. The van der Waals surface area contributed by atoms with E-state index in [-0.39, 0.29) is 6.42 Å². The predicted molar refractivity (Wildman–Crippen MR) is 44.4 cm³/mol. The SMILES string of the molecule is O=P(O)(O)[C@@H]1C[C@@H](O)[C@H](O)[C@@H](CO)O1. The Morgan fingerprint density at radius 3 is 2.36 bits per heavy atom. The van der Waals surface area contributed by atoms with Crippen molar-refractivity contribution in [3.63, 3.8) is 0 Å². The molecule has 0 unspecified atom stereocenters. The molecule has 4 atom stereocenters. The largest absolute Gasteiger partial charge is 0.394 e. The van der Waals surface area contributed by atoms with E-state index in [1.54, 1.807) is 0 Å². The summed E-state index contributed by atoms with van der Waals surface area (Å²) in [7, 11) is -4.46. The molecule has 0 aromatic rings. The first-order valence-corrected chi connectivity index (χ1v) is 5.72. The number of hydrogen-bond acceptors (Lipinski definition) is 5. The van der Waals surface area contributed by atoms with Crippen LogP contribution in [0.5, 0.6) is 0 Å². The topological polar surface area (TPSA) is 127 Å². The van der Waals surface area contributed by atoms with Crippen LogP contribution < -0.4 is 0 Å². The van der Waals surface area contributed by atoms with Crippen LogP contribution >= 0.6 is 7.60 Å². The highest BCUT2D eigenvalue weighted by molar-refractivity contribution is 7.52. The molecule has 8 heteroatoms. The Kier molecular flexibility index (Phi) is 3.65. The van der Waals surface area contributed by atoms with Gasteiger partial charge in [-0.15, -0.1) is 0 Å². The lowest BCUT2D eigenvalue weighted by atomic mass is 10.0. The van der Waals surface area contributed by atoms with E-state index in [0.29, 0.717) is 0 Å². The predicted octanol–water partition coefficient (Wildman–Crippen LogP) is -2.01. The van der Waals surface area contributed by atoms with Gasteiger partial charge in [0.25, 0.3) is 0 Å². The Bertz CT molecular complexity index is 238. The molecule has 84 valence electrons. The first kappa shape index (κ1) is 12.1. The Morgan fingerprint density at radius 2 is 1.93 bits per heavy atom. The van der Waals surface area contributed by atoms with Gasteiger partial charge < -0.3 is 29.8 Å². The van der Waals surface area contributed by atoms with Crippen LogP contribution in [0.2, 0.25) is 0 Å². The van der Waals surface area contributed by atoms with Crippen molar-refractivity contribution in [1.82, 2.24) is 0 Å². The van der Waals surface area contributed by atoms with Crippen molar-refractivity contribution in [3.05, 3.63) is 0 Å². The van der Waals surface area contributed by atoms with Crippen LogP contribution in [0.4, 0.5) is 0 Å². The second kappa shape index (κ2) is 4.24. The molecule has 1 heterocycles. The van der Waals surface area contributed by atoms with Gasteiger partial charge >= 0.3 is 7.60 Å². The van der Waals surface area contributed by atoms with Crippen LogP contribution in [0.3, 0.4) is 0 Å². The van der Waals surface area contributed by atoms with Gasteiger partial charge in [-0.25, -0.2) is 0 Å². The highest BCUT2D eigenvalue weighted by Crippen LogP contribution is 2.46. The number of aliphatic hydroxyl groups is 3. The molecule has 0 amide bonds. The highest BCUT2D eigenvalue weighted by Gasteiger charge is 2.43. The van der Waals surface area contributed by atoms with E-state index in [4.69, 9.17) is 19.6 Å². The van der Waals surface area contributed by atoms with Crippen LogP contribution in [-0.2, 0) is 9.30 Å². The standard InChI is InChI=1S/C6H13O7P/c7-2-4-6(9)3(8)1-5(13-4)14(10,11)12/h3-9H,1-2H2,(H2,10,11,12)/t3-,4-,5-,6+/m1/s1. The van der Waals surface area contributed by atoms with Gasteiger partial charge in [0.1, 0.15) is 12.2 Å². The van der Waals surface area contributed by atoms with Gasteiger partial charge in [-0.05, 0) is 0 Å². The summed E-state index contributed by atoms with van der Waals surface area (Å²) in [5, 5.41) is 27.2. The van der Waals surface area contributed by atoms with Crippen LogP contribution in [0, 0.1) is 0 Å². The molecule has 1 aliphatic rings. The van der Waals surface area contributed by atoms with Crippen LogP contribution in [0.15, 0.2) is 0 Å². The maximum absolute atomic E-state index is 10.8. The lowest BCUT2D eigenvalue weighted by Gasteiger charge is -2.36. The minimum absolute atomic E-state index is 0.345. The number of hydrogen-bond donors (Lipinski definition) is 5. The second-order valence-corrected chi connectivity index (χ2v) is 4.95. The molecular formula is C6H13O7P. The average molecular weight is 228 g/mol. The van der Waals surface area contributed by atoms with Crippen LogP contribution in [0.1, 0.15) is 6.42 Å². The monoisotopic (exact) mass is 228 g/mol. The summed E-state index contributed by atoms with van der Waals surface area (Å²) >= 11 is 0. The van der Waals surface area contributed by atoms with Crippen LogP contribution in [0.25, 0.3) is 0 Å². The first-order valence-electron chi connectivity index (χ1n) is 4.04. The van der Waals surface area contributed by atoms with Crippen molar-refractivity contribution in [2.24, 2.45) is 0 Å². The summed E-state index contributed by atoms with van der Waals surface area (Å²) in [6.45, 7) is -0.602.